The Kier molecular flexibility index (Phi) is 3.13. The number of nitrogens with zero attached hydrogens (tertiary/aromatic N) is 3. The first-order valence-corrected chi connectivity index (χ1v) is 8.96. The number of imidazole rings is 1. The number of carboxylic acid groups (broad SMARTS) is 1. The molecule has 6 rings (SSSR count). The molecule has 6 nitrogen and oxygen atoms in total. The largest absolute Gasteiger partial charge is 0.481 e. The fourth-order valence-electron chi connectivity index (χ4n) is 4.31. The number of rotatable bonds is 4. The summed E-state index contributed by atoms with van der Waals surface area (Å²) in [5.41, 5.74) is 0.759. The van der Waals surface area contributed by atoms with Crippen LogP contribution in [0.1, 0.15) is 19.3 Å². The van der Waals surface area contributed by atoms with Crippen LogP contribution >= 0.6 is 23.2 Å². The van der Waals surface area contributed by atoms with Crippen molar-refractivity contribution in [1.29, 1.82) is 0 Å². The molecule has 2 aromatic heterocycles. The smallest absolute Gasteiger partial charge is 0.309 e. The Bertz CT molecular complexity index is 1040. The third-order valence-electron chi connectivity index (χ3n) is 5.51. The number of benzene rings is 1. The molecule has 3 fully saturated rings. The first-order chi connectivity index (χ1) is 12.4. The van der Waals surface area contributed by atoms with Gasteiger partial charge in [-0.3, -0.25) is 4.79 Å². The number of carboxylic acids is 1. The van der Waals surface area contributed by atoms with Gasteiger partial charge in [0, 0.05) is 29.4 Å². The summed E-state index contributed by atoms with van der Waals surface area (Å²) in [6.07, 6.45) is 7.13. The minimum atomic E-state index is -0.707. The van der Waals surface area contributed by atoms with Crippen molar-refractivity contribution in [3.63, 3.8) is 0 Å². The molecule has 26 heavy (non-hydrogen) atoms. The molecule has 0 amide bonds. The summed E-state index contributed by atoms with van der Waals surface area (Å²) < 4.78 is 1.89. The number of hydrogen-bond acceptors (Lipinski definition) is 4. The van der Waals surface area contributed by atoms with E-state index in [0.29, 0.717) is 40.6 Å². The second-order valence-electron chi connectivity index (χ2n) is 7.28. The molecule has 3 saturated carbocycles. The van der Waals surface area contributed by atoms with Crippen molar-refractivity contribution in [3.05, 3.63) is 47.0 Å². The van der Waals surface area contributed by atoms with E-state index in [0.717, 1.165) is 11.1 Å². The molecule has 132 valence electrons. The van der Waals surface area contributed by atoms with E-state index in [4.69, 9.17) is 23.2 Å². The van der Waals surface area contributed by atoms with E-state index in [2.05, 4.69) is 15.3 Å². The summed E-state index contributed by atoms with van der Waals surface area (Å²) in [6, 6.07) is 5.57. The van der Waals surface area contributed by atoms with Gasteiger partial charge in [0.05, 0.1) is 33.0 Å². The normalized spacial score (nSPS) is 26.2. The zero-order chi connectivity index (χ0) is 18.1. The van der Waals surface area contributed by atoms with Gasteiger partial charge in [0.1, 0.15) is 5.82 Å². The molecule has 2 bridgehead atoms. The average molecular weight is 389 g/mol. The lowest BCUT2D eigenvalue weighted by molar-refractivity contribution is -0.186. The molecule has 0 aliphatic heterocycles. The van der Waals surface area contributed by atoms with Crippen molar-refractivity contribution in [2.75, 3.05) is 5.32 Å². The van der Waals surface area contributed by atoms with Crippen LogP contribution in [0.3, 0.4) is 0 Å². The fourth-order valence-corrected chi connectivity index (χ4v) is 4.67. The standard InChI is InChI=1S/C18H14Cl2N4O2/c19-11-2-1-10-12(24-4-3-21-9-24)5-13(22-15(10)14(11)20)23-18-6-17(7-18,8-18)16(25)26/h1-5,9H,6-8H2,(H,22,23)(H,25,26). The molecular weight excluding hydrogens is 375 g/mol. The van der Waals surface area contributed by atoms with Crippen molar-refractivity contribution in [1.82, 2.24) is 14.5 Å². The van der Waals surface area contributed by atoms with Crippen LogP contribution < -0.4 is 5.32 Å². The lowest BCUT2D eigenvalue weighted by atomic mass is 9.39. The molecule has 0 radical (unpaired) electrons. The second kappa shape index (κ2) is 5.11. The van der Waals surface area contributed by atoms with Crippen molar-refractivity contribution in [2.45, 2.75) is 24.8 Å². The molecule has 0 saturated heterocycles. The third kappa shape index (κ3) is 2.09. The Balaban J connectivity index is 1.59. The van der Waals surface area contributed by atoms with Crippen LogP contribution in [0.5, 0.6) is 0 Å². The highest BCUT2D eigenvalue weighted by Gasteiger charge is 2.72. The van der Waals surface area contributed by atoms with Gasteiger partial charge in [-0.2, -0.15) is 0 Å². The van der Waals surface area contributed by atoms with Gasteiger partial charge in [-0.05, 0) is 31.4 Å². The van der Waals surface area contributed by atoms with Crippen LogP contribution in [-0.4, -0.2) is 31.1 Å². The van der Waals surface area contributed by atoms with Crippen LogP contribution in [0.2, 0.25) is 10.0 Å². The maximum Gasteiger partial charge on any atom is 0.309 e. The van der Waals surface area contributed by atoms with Crippen LogP contribution in [0.25, 0.3) is 16.6 Å². The number of aliphatic carboxylic acids is 1. The highest BCUT2D eigenvalue weighted by Crippen LogP contribution is 2.68. The summed E-state index contributed by atoms with van der Waals surface area (Å²) in [5, 5.41) is 14.4. The Hall–Kier alpha value is -2.31. The topological polar surface area (TPSA) is 80.0 Å². The van der Waals surface area contributed by atoms with Gasteiger partial charge < -0.3 is 15.0 Å². The maximum atomic E-state index is 11.3. The van der Waals surface area contributed by atoms with Gasteiger partial charge in [0.2, 0.25) is 0 Å². The van der Waals surface area contributed by atoms with Crippen molar-refractivity contribution >= 4 is 45.9 Å². The van der Waals surface area contributed by atoms with Gasteiger partial charge >= 0.3 is 5.97 Å². The highest BCUT2D eigenvalue weighted by atomic mass is 35.5. The first kappa shape index (κ1) is 15.9. The molecule has 3 aromatic rings. The van der Waals surface area contributed by atoms with Crippen molar-refractivity contribution in [3.8, 4) is 5.69 Å². The molecule has 3 aliphatic carbocycles. The first-order valence-electron chi connectivity index (χ1n) is 8.20. The summed E-state index contributed by atoms with van der Waals surface area (Å²) in [7, 11) is 0. The number of fused-ring (bicyclic) bond motifs is 1. The predicted molar refractivity (Wildman–Crippen MR) is 99.2 cm³/mol. The molecule has 0 spiro atoms. The van der Waals surface area contributed by atoms with E-state index >= 15 is 0 Å². The Morgan fingerprint density at radius 3 is 2.69 bits per heavy atom. The minimum Gasteiger partial charge on any atom is -0.481 e. The van der Waals surface area contributed by atoms with E-state index < -0.39 is 11.4 Å². The molecule has 8 heteroatoms. The molecular formula is C18H14Cl2N4O2. The molecule has 2 heterocycles. The number of nitrogens with one attached hydrogen (secondary N) is 1. The molecule has 2 N–H and O–H groups in total. The minimum absolute atomic E-state index is 0.184. The van der Waals surface area contributed by atoms with Crippen LogP contribution in [0.4, 0.5) is 5.82 Å². The zero-order valence-corrected chi connectivity index (χ0v) is 15.1. The van der Waals surface area contributed by atoms with Crippen LogP contribution in [-0.2, 0) is 4.79 Å². The monoisotopic (exact) mass is 388 g/mol. The number of anilines is 1. The van der Waals surface area contributed by atoms with Crippen molar-refractivity contribution < 1.29 is 9.90 Å². The lowest BCUT2D eigenvalue weighted by Crippen LogP contribution is -2.73. The summed E-state index contributed by atoms with van der Waals surface area (Å²) in [5.74, 6) is -0.0503. The molecule has 0 atom stereocenters. The van der Waals surface area contributed by atoms with E-state index in [1.54, 1.807) is 18.6 Å². The van der Waals surface area contributed by atoms with Gasteiger partial charge in [0.25, 0.3) is 0 Å². The number of hydrogen-bond donors (Lipinski definition) is 2. The van der Waals surface area contributed by atoms with E-state index in [1.165, 1.54) is 0 Å². The van der Waals surface area contributed by atoms with Gasteiger partial charge in [-0.15, -0.1) is 0 Å². The average Bonchev–Trinajstić information content (AvgIpc) is 3.06. The summed E-state index contributed by atoms with van der Waals surface area (Å²) in [4.78, 5) is 20.1. The van der Waals surface area contributed by atoms with Gasteiger partial charge in [-0.25, -0.2) is 9.97 Å². The zero-order valence-electron chi connectivity index (χ0n) is 13.5. The maximum absolute atomic E-state index is 11.3. The molecule has 1 aromatic carbocycles. The highest BCUT2D eigenvalue weighted by molar-refractivity contribution is 6.45. The van der Waals surface area contributed by atoms with Crippen molar-refractivity contribution in [2.24, 2.45) is 5.41 Å². The van der Waals surface area contributed by atoms with E-state index in [9.17, 15) is 9.90 Å². The van der Waals surface area contributed by atoms with Crippen LogP contribution in [0, 0.1) is 5.41 Å². The second-order valence-corrected chi connectivity index (χ2v) is 8.06. The third-order valence-corrected chi connectivity index (χ3v) is 6.30. The summed E-state index contributed by atoms with van der Waals surface area (Å²) >= 11 is 12.6. The van der Waals surface area contributed by atoms with Gasteiger partial charge in [0.15, 0.2) is 0 Å². The van der Waals surface area contributed by atoms with Crippen LogP contribution in [0.15, 0.2) is 36.9 Å². The Morgan fingerprint density at radius 1 is 1.27 bits per heavy atom. The van der Waals surface area contributed by atoms with E-state index in [-0.39, 0.29) is 5.54 Å². The van der Waals surface area contributed by atoms with Gasteiger partial charge in [-0.1, -0.05) is 23.2 Å². The quantitative estimate of drug-likeness (QED) is 0.701. The number of halogens is 2. The Labute approximate surface area is 158 Å². The Morgan fingerprint density at radius 2 is 2.04 bits per heavy atom. The summed E-state index contributed by atoms with van der Waals surface area (Å²) in [6.45, 7) is 0. The number of carbonyl (C=O) groups is 1. The molecule has 3 aliphatic rings. The molecule has 0 unspecified atom stereocenters. The number of pyridine rings is 1. The lowest BCUT2D eigenvalue weighted by Gasteiger charge is -2.68. The number of aromatic nitrogens is 3. The SMILES string of the molecule is O=C(O)C12CC(Nc3cc(-n4ccnc4)c4ccc(Cl)c(Cl)c4n3)(C1)C2. The predicted octanol–water partition coefficient (Wildman–Crippen LogP) is 4.15. The van der Waals surface area contributed by atoms with E-state index in [1.807, 2.05) is 22.9 Å². The fraction of sp³-hybridized carbons (Fsp3) is 0.278.